The number of benzene rings is 1. The van der Waals surface area contributed by atoms with Crippen molar-refractivity contribution in [3.05, 3.63) is 28.8 Å². The highest BCUT2D eigenvalue weighted by atomic mass is 35.5. The number of morpholine rings is 1. The van der Waals surface area contributed by atoms with Gasteiger partial charge in [-0.25, -0.2) is 0 Å². The highest BCUT2D eigenvalue weighted by molar-refractivity contribution is 6.33. The number of nitrogens with two attached hydrogens (primary N) is 1. The first-order valence-electron chi connectivity index (χ1n) is 6.12. The van der Waals surface area contributed by atoms with E-state index in [2.05, 4.69) is 0 Å². The van der Waals surface area contributed by atoms with Gasteiger partial charge < -0.3 is 20.5 Å². The number of halogens is 1. The normalized spacial score (nSPS) is 21.2. The third kappa shape index (κ3) is 3.00. The lowest BCUT2D eigenvalue weighted by Crippen LogP contribution is -2.52. The summed E-state index contributed by atoms with van der Waals surface area (Å²) in [6.07, 6.45) is -0.580. The summed E-state index contributed by atoms with van der Waals surface area (Å²) in [6.45, 7) is 3.02. The second kappa shape index (κ2) is 5.77. The molecule has 0 aromatic heterocycles. The second-order valence-corrected chi connectivity index (χ2v) is 4.98. The molecule has 3 N–H and O–H groups in total. The van der Waals surface area contributed by atoms with Crippen LogP contribution in [0, 0.1) is 0 Å². The molecule has 0 radical (unpaired) electrons. The minimum Gasteiger partial charge on any atom is -0.389 e. The minimum absolute atomic E-state index is 0.268. The quantitative estimate of drug-likeness (QED) is 0.871. The van der Waals surface area contributed by atoms with E-state index in [0.717, 1.165) is 11.3 Å². The van der Waals surface area contributed by atoms with E-state index in [0.29, 0.717) is 18.2 Å². The third-order valence-corrected chi connectivity index (χ3v) is 3.52. The van der Waals surface area contributed by atoms with Gasteiger partial charge in [-0.1, -0.05) is 17.7 Å². The van der Waals surface area contributed by atoms with Gasteiger partial charge in [0.05, 0.1) is 30.0 Å². The van der Waals surface area contributed by atoms with Gasteiger partial charge in [-0.15, -0.1) is 0 Å². The van der Waals surface area contributed by atoms with Crippen molar-refractivity contribution in [2.45, 2.75) is 19.1 Å². The summed E-state index contributed by atoms with van der Waals surface area (Å²) in [5.74, 6) is -0.435. The number of nitrogens with zero attached hydrogens (tertiary/aromatic N) is 1. The number of amides is 1. The number of hydrogen-bond donors (Lipinski definition) is 2. The number of carbonyl (C=O) groups excluding carboxylic acids is 1. The minimum atomic E-state index is -0.580. The molecule has 6 heteroatoms. The Hall–Kier alpha value is -1.30. The third-order valence-electron chi connectivity index (χ3n) is 3.22. The fourth-order valence-corrected chi connectivity index (χ4v) is 2.44. The van der Waals surface area contributed by atoms with E-state index in [1.165, 1.54) is 0 Å². The fourth-order valence-electron chi connectivity index (χ4n) is 2.14. The predicted octanol–water partition coefficient (Wildman–Crippen LogP) is 1.08. The number of carbonyl (C=O) groups is 1. The molecule has 0 bridgehead atoms. The van der Waals surface area contributed by atoms with Crippen LogP contribution in [0.15, 0.2) is 18.2 Å². The molecule has 1 saturated heterocycles. The second-order valence-electron chi connectivity index (χ2n) is 4.57. The van der Waals surface area contributed by atoms with Gasteiger partial charge in [0.1, 0.15) is 6.04 Å². The summed E-state index contributed by atoms with van der Waals surface area (Å²) >= 11 is 6.23. The molecule has 19 heavy (non-hydrogen) atoms. The van der Waals surface area contributed by atoms with E-state index in [1.54, 1.807) is 25.1 Å². The number of ether oxygens (including phenoxy) is 1. The van der Waals surface area contributed by atoms with Crippen LogP contribution in [0.5, 0.6) is 0 Å². The van der Waals surface area contributed by atoms with Gasteiger partial charge in [-0.3, -0.25) is 4.79 Å². The SMILES string of the molecule is C[C@@H](O)c1ccc(N2CCOCC2C(N)=O)c(Cl)c1. The summed E-state index contributed by atoms with van der Waals surface area (Å²) in [5, 5.41) is 10.0. The van der Waals surface area contributed by atoms with E-state index in [-0.39, 0.29) is 6.61 Å². The molecular weight excluding hydrogens is 268 g/mol. The lowest BCUT2D eigenvalue weighted by Gasteiger charge is -2.36. The molecule has 2 atom stereocenters. The highest BCUT2D eigenvalue weighted by Gasteiger charge is 2.29. The molecular formula is C13H17ClN2O3. The Bertz CT molecular complexity index is 479. The first kappa shape index (κ1) is 14.1. The van der Waals surface area contributed by atoms with Crippen molar-refractivity contribution in [2.75, 3.05) is 24.7 Å². The van der Waals surface area contributed by atoms with Crippen molar-refractivity contribution in [2.24, 2.45) is 5.73 Å². The van der Waals surface area contributed by atoms with Crippen LogP contribution in [0.3, 0.4) is 0 Å². The Morgan fingerprint density at radius 3 is 2.95 bits per heavy atom. The van der Waals surface area contributed by atoms with Crippen molar-refractivity contribution >= 4 is 23.2 Å². The number of rotatable bonds is 3. The zero-order valence-electron chi connectivity index (χ0n) is 10.7. The molecule has 1 aromatic rings. The zero-order valence-corrected chi connectivity index (χ0v) is 11.4. The molecule has 5 nitrogen and oxygen atoms in total. The van der Waals surface area contributed by atoms with Gasteiger partial charge in [0.2, 0.25) is 5.91 Å². The molecule has 1 amide bonds. The summed E-state index contributed by atoms with van der Waals surface area (Å²) in [6, 6.07) is 4.78. The Labute approximate surface area is 116 Å². The van der Waals surface area contributed by atoms with Crippen molar-refractivity contribution < 1.29 is 14.6 Å². The Balaban J connectivity index is 2.31. The average molecular weight is 285 g/mol. The number of anilines is 1. The lowest BCUT2D eigenvalue weighted by molar-refractivity contribution is -0.121. The summed E-state index contributed by atoms with van der Waals surface area (Å²) in [7, 11) is 0. The van der Waals surface area contributed by atoms with Crippen LogP contribution in [0.4, 0.5) is 5.69 Å². The maximum Gasteiger partial charge on any atom is 0.242 e. The van der Waals surface area contributed by atoms with Crippen LogP contribution in [-0.4, -0.2) is 36.8 Å². The van der Waals surface area contributed by atoms with Crippen LogP contribution in [0.1, 0.15) is 18.6 Å². The number of aliphatic hydroxyl groups excluding tert-OH is 1. The first-order chi connectivity index (χ1) is 9.00. The molecule has 1 heterocycles. The van der Waals surface area contributed by atoms with Gasteiger partial charge in [-0.2, -0.15) is 0 Å². The van der Waals surface area contributed by atoms with E-state index in [9.17, 15) is 9.90 Å². The standard InChI is InChI=1S/C13H17ClN2O3/c1-8(17)9-2-3-11(10(14)6-9)16-4-5-19-7-12(16)13(15)18/h2-3,6,8,12,17H,4-5,7H2,1H3,(H2,15,18)/t8-,12?/m1/s1. The van der Waals surface area contributed by atoms with Crippen molar-refractivity contribution in [3.63, 3.8) is 0 Å². The first-order valence-corrected chi connectivity index (χ1v) is 6.49. The Kier molecular flexibility index (Phi) is 4.29. The molecule has 104 valence electrons. The van der Waals surface area contributed by atoms with E-state index < -0.39 is 18.1 Å². The molecule has 0 saturated carbocycles. The van der Waals surface area contributed by atoms with Gasteiger partial charge in [0.25, 0.3) is 0 Å². The van der Waals surface area contributed by atoms with E-state index in [4.69, 9.17) is 22.1 Å². The van der Waals surface area contributed by atoms with Crippen LogP contribution in [0.2, 0.25) is 5.02 Å². The molecule has 1 aromatic carbocycles. The lowest BCUT2D eigenvalue weighted by atomic mass is 10.1. The van der Waals surface area contributed by atoms with Crippen LogP contribution >= 0.6 is 11.6 Å². The molecule has 1 fully saturated rings. The van der Waals surface area contributed by atoms with Crippen LogP contribution in [-0.2, 0) is 9.53 Å². The van der Waals surface area contributed by atoms with Crippen molar-refractivity contribution in [3.8, 4) is 0 Å². The number of aliphatic hydroxyl groups is 1. The van der Waals surface area contributed by atoms with Crippen LogP contribution in [0.25, 0.3) is 0 Å². The molecule has 2 rings (SSSR count). The van der Waals surface area contributed by atoms with Crippen molar-refractivity contribution in [1.82, 2.24) is 0 Å². The van der Waals surface area contributed by atoms with Crippen LogP contribution < -0.4 is 10.6 Å². The van der Waals surface area contributed by atoms with Gasteiger partial charge >= 0.3 is 0 Å². The highest BCUT2D eigenvalue weighted by Crippen LogP contribution is 2.31. The topological polar surface area (TPSA) is 75.8 Å². The largest absolute Gasteiger partial charge is 0.389 e. The van der Waals surface area contributed by atoms with Crippen molar-refractivity contribution in [1.29, 1.82) is 0 Å². The summed E-state index contributed by atoms with van der Waals surface area (Å²) in [4.78, 5) is 13.3. The molecule has 1 aliphatic rings. The molecule has 0 spiro atoms. The molecule has 1 unspecified atom stereocenters. The predicted molar refractivity (Wildman–Crippen MR) is 73.2 cm³/mol. The molecule has 1 aliphatic heterocycles. The maximum absolute atomic E-state index is 11.4. The zero-order chi connectivity index (χ0) is 14.0. The number of primary amides is 1. The Morgan fingerprint density at radius 1 is 1.63 bits per heavy atom. The molecule has 0 aliphatic carbocycles. The monoisotopic (exact) mass is 284 g/mol. The smallest absolute Gasteiger partial charge is 0.242 e. The van der Waals surface area contributed by atoms with Gasteiger partial charge in [0.15, 0.2) is 0 Å². The van der Waals surface area contributed by atoms with E-state index in [1.807, 2.05) is 4.90 Å². The maximum atomic E-state index is 11.4. The number of hydrogen-bond acceptors (Lipinski definition) is 4. The summed E-state index contributed by atoms with van der Waals surface area (Å²) < 4.78 is 5.27. The summed E-state index contributed by atoms with van der Waals surface area (Å²) in [5.41, 5.74) is 6.85. The van der Waals surface area contributed by atoms with E-state index >= 15 is 0 Å². The fraction of sp³-hybridized carbons (Fsp3) is 0.462. The van der Waals surface area contributed by atoms with Gasteiger partial charge in [0, 0.05) is 6.54 Å². The average Bonchev–Trinajstić information content (AvgIpc) is 2.38. The van der Waals surface area contributed by atoms with Gasteiger partial charge in [-0.05, 0) is 24.6 Å². The Morgan fingerprint density at radius 2 is 2.37 bits per heavy atom.